The summed E-state index contributed by atoms with van der Waals surface area (Å²) in [5.74, 6) is 0.478. The van der Waals surface area contributed by atoms with E-state index in [0.717, 1.165) is 35.7 Å². The summed E-state index contributed by atoms with van der Waals surface area (Å²) in [6.45, 7) is 3.37. The number of hydrogen-bond donors (Lipinski definition) is 1. The summed E-state index contributed by atoms with van der Waals surface area (Å²) in [6.07, 6.45) is 13.0. The van der Waals surface area contributed by atoms with Crippen molar-refractivity contribution in [3.8, 4) is 11.3 Å². The highest BCUT2D eigenvalue weighted by Crippen LogP contribution is 2.26. The largest absolute Gasteiger partial charge is 0.371 e. The summed E-state index contributed by atoms with van der Waals surface area (Å²) in [4.78, 5) is 11.6. The lowest BCUT2D eigenvalue weighted by Gasteiger charge is -2.25. The molecule has 0 bridgehead atoms. The lowest BCUT2D eigenvalue weighted by molar-refractivity contribution is 0.333. The van der Waals surface area contributed by atoms with Gasteiger partial charge in [0.15, 0.2) is 5.65 Å². The average Bonchev–Trinajstić information content (AvgIpc) is 3.33. The van der Waals surface area contributed by atoms with Gasteiger partial charge in [-0.1, -0.05) is 6.08 Å². The number of aliphatic imine (C=N–C) groups is 1. The van der Waals surface area contributed by atoms with Gasteiger partial charge in [0.1, 0.15) is 11.7 Å². The smallest absolute Gasteiger partial charge is 0.177 e. The summed E-state index contributed by atoms with van der Waals surface area (Å²) >= 11 is 0. The highest BCUT2D eigenvalue weighted by atomic mass is 19.1. The maximum atomic E-state index is 13.3. The van der Waals surface area contributed by atoms with Crippen molar-refractivity contribution >= 4 is 17.2 Å². The molecule has 0 radical (unpaired) electrons. The second-order valence-corrected chi connectivity index (χ2v) is 7.70. The monoisotopic (exact) mass is 402 g/mol. The summed E-state index contributed by atoms with van der Waals surface area (Å²) in [5.41, 5.74) is 4.31. The van der Waals surface area contributed by atoms with Crippen LogP contribution in [-0.2, 0) is 0 Å². The Morgan fingerprint density at radius 2 is 2.07 bits per heavy atom. The van der Waals surface area contributed by atoms with E-state index >= 15 is 0 Å². The first-order valence-electron chi connectivity index (χ1n) is 10.2. The first kappa shape index (κ1) is 18.5. The van der Waals surface area contributed by atoms with Crippen LogP contribution in [0.2, 0.25) is 0 Å². The van der Waals surface area contributed by atoms with Crippen molar-refractivity contribution in [2.45, 2.75) is 32.2 Å². The molecule has 1 fully saturated rings. The normalized spacial score (nSPS) is 19.0. The molecule has 2 aliphatic heterocycles. The third-order valence-corrected chi connectivity index (χ3v) is 5.64. The Hall–Kier alpha value is -3.48. The SMILES string of the molecule is CC1CCCN1C1=CN=C(Nc2cc(-c3ccc(F)cc3)nn3ccnc23)C=CC1. The number of halogens is 1. The van der Waals surface area contributed by atoms with Gasteiger partial charge < -0.3 is 10.2 Å². The maximum absolute atomic E-state index is 13.3. The predicted octanol–water partition coefficient (Wildman–Crippen LogP) is 4.63. The zero-order valence-corrected chi connectivity index (χ0v) is 16.8. The van der Waals surface area contributed by atoms with Crippen LogP contribution < -0.4 is 5.32 Å². The van der Waals surface area contributed by atoms with Gasteiger partial charge in [-0.25, -0.2) is 18.9 Å². The summed E-state index contributed by atoms with van der Waals surface area (Å²) in [6, 6.07) is 8.80. The van der Waals surface area contributed by atoms with Gasteiger partial charge in [-0.3, -0.25) is 0 Å². The van der Waals surface area contributed by atoms with Crippen molar-refractivity contribution in [3.63, 3.8) is 0 Å². The number of nitrogens with zero attached hydrogens (tertiary/aromatic N) is 5. The van der Waals surface area contributed by atoms with E-state index in [0.29, 0.717) is 11.7 Å². The number of aromatic nitrogens is 3. The quantitative estimate of drug-likeness (QED) is 0.694. The Labute approximate surface area is 174 Å². The zero-order valence-electron chi connectivity index (χ0n) is 16.8. The molecule has 1 atom stereocenters. The molecule has 4 heterocycles. The van der Waals surface area contributed by atoms with E-state index in [1.807, 2.05) is 18.3 Å². The number of rotatable bonds is 3. The summed E-state index contributed by atoms with van der Waals surface area (Å²) < 4.78 is 15.0. The van der Waals surface area contributed by atoms with Crippen LogP contribution in [0.15, 0.2) is 71.8 Å². The Morgan fingerprint density at radius 1 is 1.20 bits per heavy atom. The average molecular weight is 402 g/mol. The molecule has 2 aliphatic rings. The number of imidazole rings is 1. The topological polar surface area (TPSA) is 57.8 Å². The Morgan fingerprint density at radius 3 is 2.87 bits per heavy atom. The highest BCUT2D eigenvalue weighted by molar-refractivity contribution is 6.06. The van der Waals surface area contributed by atoms with E-state index in [-0.39, 0.29) is 5.82 Å². The molecular formula is C23H23FN6. The third-order valence-electron chi connectivity index (χ3n) is 5.64. The zero-order chi connectivity index (χ0) is 20.5. The van der Waals surface area contributed by atoms with Gasteiger partial charge in [0.05, 0.1) is 11.4 Å². The summed E-state index contributed by atoms with van der Waals surface area (Å²) in [5, 5.41) is 7.99. The Bertz CT molecular complexity index is 1160. The van der Waals surface area contributed by atoms with Crippen molar-refractivity contribution < 1.29 is 4.39 Å². The highest BCUT2D eigenvalue weighted by Gasteiger charge is 2.22. The lowest BCUT2D eigenvalue weighted by Crippen LogP contribution is -2.25. The minimum Gasteiger partial charge on any atom is -0.371 e. The van der Waals surface area contributed by atoms with E-state index < -0.39 is 0 Å². The molecule has 3 aromatic rings. The van der Waals surface area contributed by atoms with Gasteiger partial charge >= 0.3 is 0 Å². The molecule has 1 N–H and O–H groups in total. The maximum Gasteiger partial charge on any atom is 0.177 e. The molecule has 5 rings (SSSR count). The molecule has 0 amide bonds. The third kappa shape index (κ3) is 3.58. The standard InChI is InChI=1S/C23H23FN6/c1-16-4-3-12-29(16)19-5-2-6-22(26-15-19)27-21-14-20(17-7-9-18(24)10-8-17)28-30-13-11-25-23(21)30/h2,6-11,13-16H,3-5,12H2,1H3,(H,26,27). The van der Waals surface area contributed by atoms with Gasteiger partial charge in [0.2, 0.25) is 0 Å². The van der Waals surface area contributed by atoms with Crippen molar-refractivity contribution in [2.24, 2.45) is 4.99 Å². The number of hydrogen-bond acceptors (Lipinski definition) is 5. The fraction of sp³-hybridized carbons (Fsp3) is 0.261. The van der Waals surface area contributed by atoms with Crippen LogP contribution in [0.3, 0.4) is 0 Å². The molecule has 1 aromatic carbocycles. The Balaban J connectivity index is 1.47. The predicted molar refractivity (Wildman–Crippen MR) is 117 cm³/mol. The number of allylic oxidation sites excluding steroid dienone is 1. The second-order valence-electron chi connectivity index (χ2n) is 7.70. The van der Waals surface area contributed by atoms with Crippen LogP contribution in [0.4, 0.5) is 10.1 Å². The van der Waals surface area contributed by atoms with Gasteiger partial charge in [-0.05, 0) is 56.2 Å². The van der Waals surface area contributed by atoms with Crippen molar-refractivity contribution in [1.29, 1.82) is 0 Å². The number of fused-ring (bicyclic) bond motifs is 1. The molecule has 7 heteroatoms. The van der Waals surface area contributed by atoms with Gasteiger partial charge in [0.25, 0.3) is 0 Å². The molecule has 0 aliphatic carbocycles. The van der Waals surface area contributed by atoms with Crippen LogP contribution in [-0.4, -0.2) is 37.9 Å². The number of likely N-dealkylation sites (tertiary alicyclic amines) is 1. The van der Waals surface area contributed by atoms with Crippen LogP contribution in [0.1, 0.15) is 26.2 Å². The van der Waals surface area contributed by atoms with Gasteiger partial charge in [-0.15, -0.1) is 0 Å². The number of anilines is 1. The van der Waals surface area contributed by atoms with E-state index in [9.17, 15) is 4.39 Å². The lowest BCUT2D eigenvalue weighted by atomic mass is 10.1. The van der Waals surface area contributed by atoms with Crippen LogP contribution in [0.25, 0.3) is 16.9 Å². The number of nitrogens with one attached hydrogen (secondary N) is 1. The number of benzene rings is 1. The molecule has 2 aromatic heterocycles. The minimum absolute atomic E-state index is 0.270. The number of amidine groups is 1. The van der Waals surface area contributed by atoms with E-state index in [2.05, 4.69) is 33.3 Å². The van der Waals surface area contributed by atoms with Crippen LogP contribution in [0.5, 0.6) is 0 Å². The molecule has 6 nitrogen and oxygen atoms in total. The van der Waals surface area contributed by atoms with Crippen molar-refractivity contribution in [2.75, 3.05) is 11.9 Å². The summed E-state index contributed by atoms with van der Waals surface area (Å²) in [7, 11) is 0. The first-order chi connectivity index (χ1) is 14.7. The molecule has 0 spiro atoms. The van der Waals surface area contributed by atoms with Crippen molar-refractivity contribution in [1.82, 2.24) is 19.5 Å². The van der Waals surface area contributed by atoms with E-state index in [4.69, 9.17) is 4.99 Å². The fourth-order valence-electron chi connectivity index (χ4n) is 4.06. The molecular weight excluding hydrogens is 379 g/mol. The van der Waals surface area contributed by atoms with Crippen molar-refractivity contribution in [3.05, 3.63) is 72.6 Å². The molecule has 0 saturated carbocycles. The fourth-order valence-corrected chi connectivity index (χ4v) is 4.06. The van der Waals surface area contributed by atoms with E-state index in [1.54, 1.807) is 29.0 Å². The molecule has 152 valence electrons. The van der Waals surface area contributed by atoms with Crippen LogP contribution in [0, 0.1) is 5.82 Å². The molecule has 30 heavy (non-hydrogen) atoms. The first-order valence-corrected chi connectivity index (χ1v) is 10.2. The van der Waals surface area contributed by atoms with Gasteiger partial charge in [-0.2, -0.15) is 5.10 Å². The van der Waals surface area contributed by atoms with Gasteiger partial charge in [0, 0.05) is 48.9 Å². The van der Waals surface area contributed by atoms with Crippen LogP contribution >= 0.6 is 0 Å². The van der Waals surface area contributed by atoms with E-state index in [1.165, 1.54) is 30.7 Å². The molecule has 1 saturated heterocycles. The Kier molecular flexibility index (Phi) is 4.78. The second kappa shape index (κ2) is 7.74. The molecule has 1 unspecified atom stereocenters. The minimum atomic E-state index is -0.270.